The van der Waals surface area contributed by atoms with E-state index >= 15 is 0 Å². The zero-order valence-electron chi connectivity index (χ0n) is 8.96. The Hall–Kier alpha value is -0.600. The van der Waals surface area contributed by atoms with E-state index in [9.17, 15) is 5.21 Å². The van der Waals surface area contributed by atoms with Crippen molar-refractivity contribution in [1.29, 1.82) is 0 Å². The zero-order valence-corrected chi connectivity index (χ0v) is 8.96. The van der Waals surface area contributed by atoms with Crippen molar-refractivity contribution in [3.63, 3.8) is 0 Å². The lowest BCUT2D eigenvalue weighted by Crippen LogP contribution is -1.99. The monoisotopic (exact) mass is 186 g/mol. The van der Waals surface area contributed by atoms with Crippen LogP contribution < -0.4 is 0 Å². The average Bonchev–Trinajstić information content (AvgIpc) is 2.16. The van der Waals surface area contributed by atoms with Crippen molar-refractivity contribution in [2.24, 2.45) is 5.11 Å². The third-order valence-corrected chi connectivity index (χ3v) is 2.04. The minimum Gasteiger partial charge on any atom is -0.600 e. The van der Waals surface area contributed by atoms with Gasteiger partial charge in [-0.05, 0) is 18.5 Å². The molecule has 13 heavy (non-hydrogen) atoms. The Balaban J connectivity index is 3.08. The summed E-state index contributed by atoms with van der Waals surface area (Å²) in [5.41, 5.74) is 0. The molecule has 0 aliphatic heterocycles. The number of unbranched alkanes of at least 4 members (excludes halogenated alkanes) is 5. The van der Waals surface area contributed by atoms with E-state index in [4.69, 9.17) is 0 Å². The van der Waals surface area contributed by atoms with Crippen molar-refractivity contribution in [2.45, 2.75) is 52.4 Å². The molecule has 0 aromatic heterocycles. The molecule has 0 amide bonds. The first-order chi connectivity index (χ1) is 6.31. The molecule has 3 heteroatoms. The van der Waals surface area contributed by atoms with Crippen LogP contribution >= 0.6 is 0 Å². The van der Waals surface area contributed by atoms with Crippen molar-refractivity contribution in [3.8, 4) is 0 Å². The van der Waals surface area contributed by atoms with Crippen molar-refractivity contribution < 1.29 is 4.86 Å². The largest absolute Gasteiger partial charge is 0.600 e. The summed E-state index contributed by atoms with van der Waals surface area (Å²) in [6.07, 6.45) is 7.50. The van der Waals surface area contributed by atoms with Crippen LogP contribution in [0.25, 0.3) is 0 Å². The van der Waals surface area contributed by atoms with Gasteiger partial charge in [0.05, 0.1) is 0 Å². The van der Waals surface area contributed by atoms with Crippen LogP contribution in [0.3, 0.4) is 0 Å². The van der Waals surface area contributed by atoms with Crippen LogP contribution in [-0.4, -0.2) is 18.0 Å². The van der Waals surface area contributed by atoms with Gasteiger partial charge in [0.25, 0.3) is 0 Å². The van der Waals surface area contributed by atoms with Crippen LogP contribution in [0.15, 0.2) is 5.11 Å². The van der Waals surface area contributed by atoms with E-state index in [0.717, 1.165) is 11.3 Å². The Labute approximate surface area is 81.4 Å². The zero-order chi connectivity index (χ0) is 9.94. The molecule has 0 aliphatic carbocycles. The summed E-state index contributed by atoms with van der Waals surface area (Å²) in [5.74, 6) is 0. The quantitative estimate of drug-likeness (QED) is 0.248. The van der Waals surface area contributed by atoms with E-state index < -0.39 is 0 Å². The Morgan fingerprint density at radius 2 is 1.62 bits per heavy atom. The van der Waals surface area contributed by atoms with E-state index in [2.05, 4.69) is 12.0 Å². The predicted molar refractivity (Wildman–Crippen MR) is 54.8 cm³/mol. The Morgan fingerprint density at radius 3 is 2.23 bits per heavy atom. The lowest BCUT2D eigenvalue weighted by Gasteiger charge is -1.98. The van der Waals surface area contributed by atoms with Gasteiger partial charge in [-0.25, -0.2) is 0 Å². The fraction of sp³-hybridized carbons (Fsp3) is 1.00. The number of hydrogen-bond donors (Lipinski definition) is 0. The molecule has 0 aliphatic rings. The molecule has 3 nitrogen and oxygen atoms in total. The standard InChI is InChI=1S/C10H22N2O/c1-3-5-6-7-8-9-10-11-12(13)4-2/h3-10H2,1-2H3. The van der Waals surface area contributed by atoms with E-state index in [1.54, 1.807) is 0 Å². The molecular weight excluding hydrogens is 164 g/mol. The number of rotatable bonds is 8. The normalized spacial score (nSPS) is 12.0. The minimum absolute atomic E-state index is 0.468. The van der Waals surface area contributed by atoms with Gasteiger partial charge < -0.3 is 5.21 Å². The second-order valence-corrected chi connectivity index (χ2v) is 3.30. The highest BCUT2D eigenvalue weighted by Crippen LogP contribution is 2.04. The first-order valence-corrected chi connectivity index (χ1v) is 5.43. The second-order valence-electron chi connectivity index (χ2n) is 3.30. The Bertz CT molecular complexity index is 135. The summed E-state index contributed by atoms with van der Waals surface area (Å²) >= 11 is 0. The maximum Gasteiger partial charge on any atom is 0.177 e. The van der Waals surface area contributed by atoms with Crippen molar-refractivity contribution in [1.82, 2.24) is 0 Å². The van der Waals surface area contributed by atoms with Gasteiger partial charge in [0.2, 0.25) is 0 Å². The highest BCUT2D eigenvalue weighted by atomic mass is 16.5. The fourth-order valence-electron chi connectivity index (χ4n) is 1.17. The van der Waals surface area contributed by atoms with Gasteiger partial charge in [0.15, 0.2) is 6.54 Å². The van der Waals surface area contributed by atoms with Gasteiger partial charge in [-0.3, -0.25) is 0 Å². The molecule has 0 radical (unpaired) electrons. The molecule has 0 saturated carbocycles. The molecule has 78 valence electrons. The van der Waals surface area contributed by atoms with Gasteiger partial charge in [0, 0.05) is 0 Å². The summed E-state index contributed by atoms with van der Waals surface area (Å²) in [5, 5.41) is 14.5. The third kappa shape index (κ3) is 9.31. The Morgan fingerprint density at radius 1 is 1.00 bits per heavy atom. The highest BCUT2D eigenvalue weighted by molar-refractivity contribution is 4.44. The van der Waals surface area contributed by atoms with Crippen molar-refractivity contribution >= 4 is 0 Å². The smallest absolute Gasteiger partial charge is 0.177 e. The molecule has 0 bridgehead atoms. The fourth-order valence-corrected chi connectivity index (χ4v) is 1.17. The molecular formula is C10H22N2O. The molecule has 0 fully saturated rings. The van der Waals surface area contributed by atoms with Crippen molar-refractivity contribution in [2.75, 3.05) is 13.1 Å². The third-order valence-electron chi connectivity index (χ3n) is 2.04. The summed E-state index contributed by atoms with van der Waals surface area (Å²) in [6.45, 7) is 5.20. The number of hydrogen-bond acceptors (Lipinski definition) is 2. The van der Waals surface area contributed by atoms with Crippen molar-refractivity contribution in [3.05, 3.63) is 5.21 Å². The minimum atomic E-state index is 0.468. The number of nitrogens with zero attached hydrogens (tertiary/aromatic N) is 2. The van der Waals surface area contributed by atoms with E-state index in [1.807, 2.05) is 6.92 Å². The van der Waals surface area contributed by atoms with E-state index in [1.165, 1.54) is 32.1 Å². The first kappa shape index (κ1) is 12.4. The maximum atomic E-state index is 10.7. The van der Waals surface area contributed by atoms with Crippen LogP contribution in [0.5, 0.6) is 0 Å². The highest BCUT2D eigenvalue weighted by Gasteiger charge is 1.91. The van der Waals surface area contributed by atoms with Crippen LogP contribution in [0, 0.1) is 5.21 Å². The predicted octanol–water partition coefficient (Wildman–Crippen LogP) is 3.33. The van der Waals surface area contributed by atoms with E-state index in [0.29, 0.717) is 13.1 Å². The second kappa shape index (κ2) is 9.49. The van der Waals surface area contributed by atoms with Crippen LogP contribution in [0.1, 0.15) is 52.4 Å². The maximum absolute atomic E-state index is 10.7. The van der Waals surface area contributed by atoms with Crippen LogP contribution in [-0.2, 0) is 0 Å². The van der Waals surface area contributed by atoms with Crippen LogP contribution in [0.4, 0.5) is 0 Å². The molecule has 0 heterocycles. The number of azo groups is 1. The summed E-state index contributed by atoms with van der Waals surface area (Å²) in [6, 6.07) is 0. The van der Waals surface area contributed by atoms with Gasteiger partial charge in [-0.1, -0.05) is 43.9 Å². The summed E-state index contributed by atoms with van der Waals surface area (Å²) in [4.78, 5) is 0.770. The van der Waals surface area contributed by atoms with Gasteiger partial charge in [0.1, 0.15) is 6.54 Å². The van der Waals surface area contributed by atoms with Gasteiger partial charge in [-0.15, -0.1) is 0 Å². The van der Waals surface area contributed by atoms with Gasteiger partial charge >= 0.3 is 0 Å². The summed E-state index contributed by atoms with van der Waals surface area (Å²) < 4.78 is 0. The topological polar surface area (TPSA) is 38.4 Å². The number of hydroxylamine groups is 1. The Kier molecular flexibility index (Phi) is 9.05. The SMILES string of the molecule is CCCCCCCCN=[N+]([O-])CC. The molecule has 0 rings (SSSR count). The average molecular weight is 186 g/mol. The molecule has 0 N–H and O–H groups in total. The lowest BCUT2D eigenvalue weighted by atomic mass is 10.1. The molecule has 0 unspecified atom stereocenters. The molecule has 0 spiro atoms. The molecule has 0 atom stereocenters. The molecule has 0 aromatic carbocycles. The molecule has 0 aromatic rings. The first-order valence-electron chi connectivity index (χ1n) is 5.43. The molecule has 0 saturated heterocycles. The van der Waals surface area contributed by atoms with Crippen LogP contribution in [0.2, 0.25) is 0 Å². The van der Waals surface area contributed by atoms with E-state index in [-0.39, 0.29) is 0 Å². The van der Waals surface area contributed by atoms with Gasteiger partial charge in [-0.2, -0.15) is 0 Å². The lowest BCUT2D eigenvalue weighted by molar-refractivity contribution is -0.526. The summed E-state index contributed by atoms with van der Waals surface area (Å²) in [7, 11) is 0.